The van der Waals surface area contributed by atoms with Gasteiger partial charge in [0.05, 0.1) is 0 Å². The molecule has 0 atom stereocenters. The van der Waals surface area contributed by atoms with Crippen molar-refractivity contribution in [1.82, 2.24) is 4.90 Å². The van der Waals surface area contributed by atoms with Crippen LogP contribution in [-0.2, 0) is 4.79 Å². The van der Waals surface area contributed by atoms with Crippen molar-refractivity contribution in [3.8, 4) is 0 Å². The molecule has 2 aliphatic carbocycles. The van der Waals surface area contributed by atoms with E-state index < -0.39 is 0 Å². The van der Waals surface area contributed by atoms with Gasteiger partial charge < -0.3 is 4.90 Å². The van der Waals surface area contributed by atoms with Crippen LogP contribution in [0.25, 0.3) is 0 Å². The molecule has 0 amide bonds. The monoisotopic (exact) mass is 165 g/mol. The first kappa shape index (κ1) is 7.84. The van der Waals surface area contributed by atoms with Crippen molar-refractivity contribution >= 4 is 5.78 Å². The number of ketones is 1. The van der Waals surface area contributed by atoms with E-state index in [2.05, 4.69) is 11.9 Å². The highest BCUT2D eigenvalue weighted by atomic mass is 16.1. The fourth-order valence-electron chi connectivity index (χ4n) is 1.87. The van der Waals surface area contributed by atoms with Gasteiger partial charge in [-0.3, -0.25) is 4.79 Å². The first-order valence-electron chi connectivity index (χ1n) is 4.73. The third-order valence-corrected chi connectivity index (χ3v) is 3.03. The number of rotatable bonds is 2. The minimum absolute atomic E-state index is 0.302. The summed E-state index contributed by atoms with van der Waals surface area (Å²) >= 11 is 0. The molecule has 1 saturated carbocycles. The lowest BCUT2D eigenvalue weighted by molar-refractivity contribution is -0.114. The molecule has 0 spiro atoms. The summed E-state index contributed by atoms with van der Waals surface area (Å²) in [7, 11) is 2.12. The number of nitrogens with zero attached hydrogens (tertiary/aromatic N) is 1. The second kappa shape index (κ2) is 2.92. The van der Waals surface area contributed by atoms with Gasteiger partial charge in [-0.25, -0.2) is 0 Å². The van der Waals surface area contributed by atoms with Crippen LogP contribution in [0, 0.1) is 0 Å². The fourth-order valence-corrected chi connectivity index (χ4v) is 1.87. The summed E-state index contributed by atoms with van der Waals surface area (Å²) in [4.78, 5) is 13.3. The highest BCUT2D eigenvalue weighted by Crippen LogP contribution is 2.29. The molecule has 0 aromatic heterocycles. The van der Waals surface area contributed by atoms with E-state index in [4.69, 9.17) is 0 Å². The molecule has 0 N–H and O–H groups in total. The van der Waals surface area contributed by atoms with E-state index >= 15 is 0 Å². The largest absolute Gasteiger partial charge is 0.375 e. The number of hydrogen-bond donors (Lipinski definition) is 0. The summed E-state index contributed by atoms with van der Waals surface area (Å²) in [6, 6.07) is 0.724. The van der Waals surface area contributed by atoms with Crippen LogP contribution in [0.2, 0.25) is 0 Å². The third kappa shape index (κ3) is 1.26. The maximum atomic E-state index is 11.0. The number of allylic oxidation sites excluding steroid dienone is 2. The first-order chi connectivity index (χ1) is 5.77. The molecule has 0 radical (unpaired) electrons. The molecule has 1 fully saturated rings. The van der Waals surface area contributed by atoms with Gasteiger partial charge in [-0.05, 0) is 25.7 Å². The topological polar surface area (TPSA) is 20.3 Å². The average Bonchev–Trinajstić information content (AvgIpc) is 2.31. The van der Waals surface area contributed by atoms with Crippen molar-refractivity contribution in [2.24, 2.45) is 0 Å². The molecule has 2 aliphatic rings. The Morgan fingerprint density at radius 2 is 2.17 bits per heavy atom. The summed E-state index contributed by atoms with van der Waals surface area (Å²) in [6.45, 7) is 0. The van der Waals surface area contributed by atoms with Gasteiger partial charge in [0.15, 0.2) is 5.78 Å². The standard InChI is InChI=1S/C10H15NO/c1-11(8-3-2-4-8)9-5-6-10(12)7-9/h7-8H,2-6H2,1H3. The Morgan fingerprint density at radius 1 is 1.42 bits per heavy atom. The average molecular weight is 165 g/mol. The molecular weight excluding hydrogens is 150 g/mol. The number of carbonyl (C=O) groups is 1. The van der Waals surface area contributed by atoms with Gasteiger partial charge in [-0.1, -0.05) is 0 Å². The van der Waals surface area contributed by atoms with E-state index in [0.29, 0.717) is 5.78 Å². The summed E-state index contributed by atoms with van der Waals surface area (Å²) in [5.74, 6) is 0.302. The zero-order chi connectivity index (χ0) is 8.55. The van der Waals surface area contributed by atoms with Crippen LogP contribution in [0.15, 0.2) is 11.8 Å². The molecule has 0 aromatic carbocycles. The Kier molecular flexibility index (Phi) is 1.91. The molecule has 0 unspecified atom stereocenters. The molecule has 0 aromatic rings. The zero-order valence-electron chi connectivity index (χ0n) is 7.55. The van der Waals surface area contributed by atoms with Crippen LogP contribution in [-0.4, -0.2) is 23.8 Å². The van der Waals surface area contributed by atoms with Crippen molar-refractivity contribution in [1.29, 1.82) is 0 Å². The summed E-state index contributed by atoms with van der Waals surface area (Å²) in [6.07, 6.45) is 7.48. The summed E-state index contributed by atoms with van der Waals surface area (Å²) in [5.41, 5.74) is 1.25. The maximum Gasteiger partial charge on any atom is 0.157 e. The minimum atomic E-state index is 0.302. The lowest BCUT2D eigenvalue weighted by Crippen LogP contribution is -2.35. The SMILES string of the molecule is CN(C1=CC(=O)CC1)C1CCC1. The quantitative estimate of drug-likeness (QED) is 0.621. The Morgan fingerprint density at radius 3 is 2.58 bits per heavy atom. The van der Waals surface area contributed by atoms with Crippen LogP contribution in [0.4, 0.5) is 0 Å². The first-order valence-corrected chi connectivity index (χ1v) is 4.73. The van der Waals surface area contributed by atoms with Crippen LogP contribution in [0.1, 0.15) is 32.1 Å². The lowest BCUT2D eigenvalue weighted by atomic mass is 9.91. The van der Waals surface area contributed by atoms with Crippen molar-refractivity contribution in [2.45, 2.75) is 38.1 Å². The summed E-state index contributed by atoms with van der Waals surface area (Å²) in [5, 5.41) is 0. The smallest absolute Gasteiger partial charge is 0.157 e. The molecule has 66 valence electrons. The minimum Gasteiger partial charge on any atom is -0.375 e. The highest BCUT2D eigenvalue weighted by molar-refractivity contribution is 5.92. The number of carbonyl (C=O) groups excluding carboxylic acids is 1. The van der Waals surface area contributed by atoms with Crippen LogP contribution in [0.5, 0.6) is 0 Å². The maximum absolute atomic E-state index is 11.0. The van der Waals surface area contributed by atoms with E-state index in [0.717, 1.165) is 18.9 Å². The highest BCUT2D eigenvalue weighted by Gasteiger charge is 2.25. The zero-order valence-corrected chi connectivity index (χ0v) is 7.55. The lowest BCUT2D eigenvalue weighted by Gasteiger charge is -2.37. The van der Waals surface area contributed by atoms with Gasteiger partial charge >= 0.3 is 0 Å². The predicted molar refractivity (Wildman–Crippen MR) is 47.7 cm³/mol. The van der Waals surface area contributed by atoms with Gasteiger partial charge in [-0.2, -0.15) is 0 Å². The summed E-state index contributed by atoms with van der Waals surface area (Å²) < 4.78 is 0. The third-order valence-electron chi connectivity index (χ3n) is 3.03. The molecule has 0 heterocycles. The van der Waals surface area contributed by atoms with E-state index in [1.165, 1.54) is 25.0 Å². The Hall–Kier alpha value is -0.790. The second-order valence-electron chi connectivity index (χ2n) is 3.80. The van der Waals surface area contributed by atoms with Gasteiger partial charge in [0.1, 0.15) is 0 Å². The Labute approximate surface area is 73.2 Å². The molecule has 2 rings (SSSR count). The normalized spacial score (nSPS) is 23.8. The Balaban J connectivity index is 1.99. The van der Waals surface area contributed by atoms with E-state index in [9.17, 15) is 4.79 Å². The van der Waals surface area contributed by atoms with E-state index in [-0.39, 0.29) is 0 Å². The predicted octanol–water partition coefficient (Wildman–Crippen LogP) is 1.72. The molecule has 2 nitrogen and oxygen atoms in total. The molecule has 12 heavy (non-hydrogen) atoms. The van der Waals surface area contributed by atoms with E-state index in [1.807, 2.05) is 6.08 Å². The van der Waals surface area contributed by atoms with Crippen molar-refractivity contribution in [2.75, 3.05) is 7.05 Å². The van der Waals surface area contributed by atoms with Gasteiger partial charge in [0, 0.05) is 31.3 Å². The van der Waals surface area contributed by atoms with Crippen molar-refractivity contribution in [3.05, 3.63) is 11.8 Å². The van der Waals surface area contributed by atoms with Gasteiger partial charge in [-0.15, -0.1) is 0 Å². The van der Waals surface area contributed by atoms with Crippen LogP contribution >= 0.6 is 0 Å². The molecular formula is C10H15NO. The van der Waals surface area contributed by atoms with Crippen molar-refractivity contribution in [3.63, 3.8) is 0 Å². The molecule has 2 heteroatoms. The molecule has 0 saturated heterocycles. The van der Waals surface area contributed by atoms with Crippen LogP contribution in [0.3, 0.4) is 0 Å². The van der Waals surface area contributed by atoms with Crippen LogP contribution < -0.4 is 0 Å². The number of hydrogen-bond acceptors (Lipinski definition) is 2. The Bertz CT molecular complexity index is 228. The molecule has 0 aliphatic heterocycles. The molecule has 0 bridgehead atoms. The van der Waals surface area contributed by atoms with Gasteiger partial charge in [0.2, 0.25) is 0 Å². The fraction of sp³-hybridized carbons (Fsp3) is 0.700. The second-order valence-corrected chi connectivity index (χ2v) is 3.80. The van der Waals surface area contributed by atoms with E-state index in [1.54, 1.807) is 0 Å². The van der Waals surface area contributed by atoms with Gasteiger partial charge in [0.25, 0.3) is 0 Å². The van der Waals surface area contributed by atoms with Crippen molar-refractivity contribution < 1.29 is 4.79 Å².